The standard InChI is InChI=1S/C14H18N2O3/c1-9(14(18)19-2)16-13(17)12-8-15-7-10-5-3-4-6-11(10)12/h3-6,9,12,15H,7-8H2,1-2H3,(H,16,17). The molecule has 2 rings (SSSR count). The molecule has 0 spiro atoms. The van der Waals surface area contributed by atoms with Crippen molar-refractivity contribution in [3.05, 3.63) is 35.4 Å². The number of hydrogen-bond acceptors (Lipinski definition) is 4. The van der Waals surface area contributed by atoms with E-state index in [1.807, 2.05) is 24.3 Å². The first-order chi connectivity index (χ1) is 9.13. The van der Waals surface area contributed by atoms with Crippen LogP contribution >= 0.6 is 0 Å². The molecule has 1 aliphatic rings. The first-order valence-electron chi connectivity index (χ1n) is 6.30. The zero-order valence-corrected chi connectivity index (χ0v) is 11.1. The quantitative estimate of drug-likeness (QED) is 0.781. The molecule has 1 aromatic carbocycles. The number of fused-ring (bicyclic) bond motifs is 1. The lowest BCUT2D eigenvalue weighted by molar-refractivity contribution is -0.144. The number of carbonyl (C=O) groups excluding carboxylic acids is 2. The summed E-state index contributed by atoms with van der Waals surface area (Å²) in [6.45, 7) is 2.97. The Kier molecular flexibility index (Phi) is 4.16. The molecule has 0 aliphatic carbocycles. The molecule has 1 aromatic rings. The van der Waals surface area contributed by atoms with Gasteiger partial charge in [0.25, 0.3) is 0 Å². The van der Waals surface area contributed by atoms with Crippen molar-refractivity contribution in [2.75, 3.05) is 13.7 Å². The molecule has 0 aromatic heterocycles. The average molecular weight is 262 g/mol. The molecule has 1 amide bonds. The highest BCUT2D eigenvalue weighted by atomic mass is 16.5. The first-order valence-corrected chi connectivity index (χ1v) is 6.30. The van der Waals surface area contributed by atoms with E-state index >= 15 is 0 Å². The van der Waals surface area contributed by atoms with Crippen molar-refractivity contribution in [1.82, 2.24) is 10.6 Å². The highest BCUT2D eigenvalue weighted by Crippen LogP contribution is 2.23. The molecule has 2 N–H and O–H groups in total. The van der Waals surface area contributed by atoms with Gasteiger partial charge in [-0.05, 0) is 18.1 Å². The van der Waals surface area contributed by atoms with Crippen molar-refractivity contribution < 1.29 is 14.3 Å². The number of carbonyl (C=O) groups is 2. The van der Waals surface area contributed by atoms with E-state index in [4.69, 9.17) is 0 Å². The second-order valence-electron chi connectivity index (χ2n) is 4.64. The second kappa shape index (κ2) is 5.84. The molecule has 1 aliphatic heterocycles. The van der Waals surface area contributed by atoms with Crippen LogP contribution in [0.2, 0.25) is 0 Å². The topological polar surface area (TPSA) is 67.4 Å². The van der Waals surface area contributed by atoms with Gasteiger partial charge in [0.2, 0.25) is 5.91 Å². The van der Waals surface area contributed by atoms with Crippen LogP contribution < -0.4 is 10.6 Å². The van der Waals surface area contributed by atoms with Crippen LogP contribution in [-0.4, -0.2) is 31.6 Å². The van der Waals surface area contributed by atoms with E-state index in [-0.39, 0.29) is 11.8 Å². The Morgan fingerprint density at radius 2 is 2.16 bits per heavy atom. The van der Waals surface area contributed by atoms with Crippen LogP contribution in [0.3, 0.4) is 0 Å². The number of benzene rings is 1. The Bertz CT molecular complexity index is 487. The number of ether oxygens (including phenoxy) is 1. The molecule has 5 nitrogen and oxygen atoms in total. The van der Waals surface area contributed by atoms with E-state index in [2.05, 4.69) is 15.4 Å². The minimum absolute atomic E-state index is 0.155. The molecule has 2 atom stereocenters. The Morgan fingerprint density at radius 1 is 1.42 bits per heavy atom. The van der Waals surface area contributed by atoms with E-state index in [1.54, 1.807) is 6.92 Å². The average Bonchev–Trinajstić information content (AvgIpc) is 2.45. The van der Waals surface area contributed by atoms with E-state index in [0.29, 0.717) is 6.54 Å². The summed E-state index contributed by atoms with van der Waals surface area (Å²) in [5.74, 6) is -0.861. The predicted molar refractivity (Wildman–Crippen MR) is 70.5 cm³/mol. The maximum absolute atomic E-state index is 12.2. The third-order valence-corrected chi connectivity index (χ3v) is 3.32. The summed E-state index contributed by atoms with van der Waals surface area (Å²) in [6.07, 6.45) is 0. The summed E-state index contributed by atoms with van der Waals surface area (Å²) in [5, 5.41) is 5.90. The van der Waals surface area contributed by atoms with Gasteiger partial charge in [0, 0.05) is 13.1 Å². The monoisotopic (exact) mass is 262 g/mol. The van der Waals surface area contributed by atoms with E-state index in [9.17, 15) is 9.59 Å². The lowest BCUT2D eigenvalue weighted by atomic mass is 9.90. The molecule has 5 heteroatoms. The number of esters is 1. The van der Waals surface area contributed by atoms with Crippen molar-refractivity contribution >= 4 is 11.9 Å². The molecule has 0 radical (unpaired) electrons. The van der Waals surface area contributed by atoms with Gasteiger partial charge < -0.3 is 15.4 Å². The fourth-order valence-electron chi connectivity index (χ4n) is 2.28. The summed E-state index contributed by atoms with van der Waals surface area (Å²) < 4.78 is 4.60. The minimum Gasteiger partial charge on any atom is -0.467 e. The molecule has 19 heavy (non-hydrogen) atoms. The third kappa shape index (κ3) is 2.93. The van der Waals surface area contributed by atoms with E-state index < -0.39 is 12.0 Å². The van der Waals surface area contributed by atoms with Crippen molar-refractivity contribution in [1.29, 1.82) is 0 Å². The van der Waals surface area contributed by atoms with Gasteiger partial charge in [0.1, 0.15) is 6.04 Å². The van der Waals surface area contributed by atoms with Gasteiger partial charge in [-0.25, -0.2) is 4.79 Å². The highest BCUT2D eigenvalue weighted by molar-refractivity contribution is 5.89. The van der Waals surface area contributed by atoms with Crippen LogP contribution in [0.4, 0.5) is 0 Å². The van der Waals surface area contributed by atoms with Crippen LogP contribution in [0.1, 0.15) is 24.0 Å². The fourth-order valence-corrected chi connectivity index (χ4v) is 2.28. The normalized spacial score (nSPS) is 19.2. The van der Waals surface area contributed by atoms with E-state index in [0.717, 1.165) is 17.7 Å². The maximum atomic E-state index is 12.2. The number of amides is 1. The van der Waals surface area contributed by atoms with Crippen LogP contribution in [0.25, 0.3) is 0 Å². The van der Waals surface area contributed by atoms with Gasteiger partial charge in [-0.15, -0.1) is 0 Å². The van der Waals surface area contributed by atoms with Crippen LogP contribution in [0.15, 0.2) is 24.3 Å². The van der Waals surface area contributed by atoms with Crippen molar-refractivity contribution in [2.45, 2.75) is 25.4 Å². The van der Waals surface area contributed by atoms with Crippen molar-refractivity contribution in [3.63, 3.8) is 0 Å². The summed E-state index contributed by atoms with van der Waals surface area (Å²) in [6, 6.07) is 7.22. The summed E-state index contributed by atoms with van der Waals surface area (Å²) in [5.41, 5.74) is 2.15. The maximum Gasteiger partial charge on any atom is 0.328 e. The Morgan fingerprint density at radius 3 is 2.89 bits per heavy atom. The number of hydrogen-bond donors (Lipinski definition) is 2. The molecular formula is C14H18N2O3. The molecule has 0 fully saturated rings. The number of methoxy groups -OCH3 is 1. The molecule has 1 heterocycles. The van der Waals surface area contributed by atoms with Gasteiger partial charge in [-0.1, -0.05) is 24.3 Å². The van der Waals surface area contributed by atoms with Gasteiger partial charge in [0.05, 0.1) is 13.0 Å². The first kappa shape index (κ1) is 13.5. The number of nitrogens with one attached hydrogen (secondary N) is 2. The van der Waals surface area contributed by atoms with Crippen LogP contribution in [-0.2, 0) is 20.9 Å². The molecule has 0 saturated heterocycles. The van der Waals surface area contributed by atoms with Crippen molar-refractivity contribution in [3.8, 4) is 0 Å². The van der Waals surface area contributed by atoms with Crippen LogP contribution in [0, 0.1) is 0 Å². The van der Waals surface area contributed by atoms with Gasteiger partial charge in [0.15, 0.2) is 0 Å². The predicted octanol–water partition coefficient (Wildman–Crippen LogP) is 0.551. The Labute approximate surface area is 112 Å². The lowest BCUT2D eigenvalue weighted by Gasteiger charge is -2.26. The van der Waals surface area contributed by atoms with E-state index in [1.165, 1.54) is 7.11 Å². The van der Waals surface area contributed by atoms with Crippen molar-refractivity contribution in [2.24, 2.45) is 0 Å². The SMILES string of the molecule is COC(=O)C(C)NC(=O)C1CNCc2ccccc21. The highest BCUT2D eigenvalue weighted by Gasteiger charge is 2.28. The Hall–Kier alpha value is -1.88. The molecule has 0 saturated carbocycles. The smallest absolute Gasteiger partial charge is 0.328 e. The van der Waals surface area contributed by atoms with Crippen LogP contribution in [0.5, 0.6) is 0 Å². The summed E-state index contributed by atoms with van der Waals surface area (Å²) in [4.78, 5) is 23.6. The zero-order chi connectivity index (χ0) is 13.8. The molecular weight excluding hydrogens is 244 g/mol. The third-order valence-electron chi connectivity index (χ3n) is 3.32. The largest absolute Gasteiger partial charge is 0.467 e. The zero-order valence-electron chi connectivity index (χ0n) is 11.1. The molecule has 0 bridgehead atoms. The summed E-state index contributed by atoms with van der Waals surface area (Å²) >= 11 is 0. The number of rotatable bonds is 3. The lowest BCUT2D eigenvalue weighted by Crippen LogP contribution is -2.45. The molecule has 102 valence electrons. The molecule has 2 unspecified atom stereocenters. The van der Waals surface area contributed by atoms with Gasteiger partial charge in [-0.3, -0.25) is 4.79 Å². The fraction of sp³-hybridized carbons (Fsp3) is 0.429. The summed E-state index contributed by atoms with van der Waals surface area (Å²) in [7, 11) is 1.31. The second-order valence-corrected chi connectivity index (χ2v) is 4.64. The Balaban J connectivity index is 2.11. The van der Waals surface area contributed by atoms with Gasteiger partial charge in [-0.2, -0.15) is 0 Å². The minimum atomic E-state index is -0.633. The van der Waals surface area contributed by atoms with Gasteiger partial charge >= 0.3 is 5.97 Å².